The van der Waals surface area contributed by atoms with Crippen molar-refractivity contribution in [2.45, 2.75) is 46.1 Å². The van der Waals surface area contributed by atoms with Crippen LogP contribution in [0.5, 0.6) is 0 Å². The Morgan fingerprint density at radius 2 is 1.94 bits per heavy atom. The van der Waals surface area contributed by atoms with Crippen molar-refractivity contribution in [3.8, 4) is 0 Å². The number of piperidine rings is 1. The van der Waals surface area contributed by atoms with Crippen molar-refractivity contribution in [3.63, 3.8) is 0 Å². The molecule has 102 valence electrons. The summed E-state index contributed by atoms with van der Waals surface area (Å²) in [6.45, 7) is 10.8. The second kappa shape index (κ2) is 8.06. The van der Waals surface area contributed by atoms with E-state index in [0.717, 1.165) is 31.5 Å². The van der Waals surface area contributed by atoms with Crippen LogP contribution in [0.15, 0.2) is 0 Å². The highest BCUT2D eigenvalue weighted by Gasteiger charge is 2.23. The van der Waals surface area contributed by atoms with Crippen molar-refractivity contribution < 1.29 is 9.84 Å². The molecule has 1 N–H and O–H groups in total. The lowest BCUT2D eigenvalue weighted by Crippen LogP contribution is -2.41. The van der Waals surface area contributed by atoms with Gasteiger partial charge in [0.15, 0.2) is 0 Å². The molecule has 0 spiro atoms. The molecule has 17 heavy (non-hydrogen) atoms. The molecule has 1 saturated heterocycles. The average Bonchev–Trinajstić information content (AvgIpc) is 2.36. The molecule has 0 aromatic rings. The minimum Gasteiger partial charge on any atom is -0.389 e. The summed E-state index contributed by atoms with van der Waals surface area (Å²) in [6, 6.07) is 0. The van der Waals surface area contributed by atoms with Gasteiger partial charge in [-0.1, -0.05) is 20.3 Å². The fourth-order valence-corrected chi connectivity index (χ4v) is 2.64. The molecule has 1 heterocycles. The van der Waals surface area contributed by atoms with Crippen LogP contribution in [0.25, 0.3) is 0 Å². The van der Waals surface area contributed by atoms with Gasteiger partial charge in [-0.3, -0.25) is 0 Å². The molecule has 0 amide bonds. The molecular weight excluding hydrogens is 214 g/mol. The molecular formula is C14H29NO2. The van der Waals surface area contributed by atoms with Crippen LogP contribution < -0.4 is 0 Å². The Bertz CT molecular complexity index is 191. The van der Waals surface area contributed by atoms with Gasteiger partial charge in [0.05, 0.1) is 12.7 Å². The van der Waals surface area contributed by atoms with Crippen LogP contribution >= 0.6 is 0 Å². The Morgan fingerprint density at radius 3 is 2.47 bits per heavy atom. The SMILES string of the molecule is CCOCC(O)CN1CCC(C(C)CC)CC1. The number of ether oxygens (including phenoxy) is 1. The number of β-amino-alcohol motifs (C(OH)–C–C–N with tert-alkyl or cyclic N) is 1. The van der Waals surface area contributed by atoms with Crippen LogP contribution in [0.1, 0.15) is 40.0 Å². The fraction of sp³-hybridized carbons (Fsp3) is 1.00. The number of rotatable bonds is 7. The summed E-state index contributed by atoms with van der Waals surface area (Å²) in [4.78, 5) is 2.38. The van der Waals surface area contributed by atoms with Crippen molar-refractivity contribution in [2.75, 3.05) is 32.8 Å². The number of likely N-dealkylation sites (tertiary alicyclic amines) is 1. The van der Waals surface area contributed by atoms with E-state index in [1.807, 2.05) is 6.92 Å². The Balaban J connectivity index is 2.18. The largest absolute Gasteiger partial charge is 0.389 e. The van der Waals surface area contributed by atoms with Crippen molar-refractivity contribution in [2.24, 2.45) is 11.8 Å². The van der Waals surface area contributed by atoms with E-state index in [2.05, 4.69) is 18.7 Å². The number of nitrogens with zero attached hydrogens (tertiary/aromatic N) is 1. The number of hydrogen-bond donors (Lipinski definition) is 1. The highest BCUT2D eigenvalue weighted by atomic mass is 16.5. The number of aliphatic hydroxyl groups excluding tert-OH is 1. The van der Waals surface area contributed by atoms with Crippen molar-refractivity contribution in [1.29, 1.82) is 0 Å². The lowest BCUT2D eigenvalue weighted by atomic mass is 9.84. The molecule has 0 saturated carbocycles. The molecule has 2 atom stereocenters. The van der Waals surface area contributed by atoms with E-state index in [9.17, 15) is 5.11 Å². The standard InChI is InChI=1S/C14H29NO2/c1-4-12(3)13-6-8-15(9-7-13)10-14(16)11-17-5-2/h12-14,16H,4-11H2,1-3H3. The lowest BCUT2D eigenvalue weighted by molar-refractivity contribution is 0.0125. The van der Waals surface area contributed by atoms with Crippen LogP contribution in [0, 0.1) is 11.8 Å². The second-order valence-electron chi connectivity index (χ2n) is 5.34. The topological polar surface area (TPSA) is 32.7 Å². The summed E-state index contributed by atoms with van der Waals surface area (Å²) in [5.41, 5.74) is 0. The minimum atomic E-state index is -0.324. The van der Waals surface area contributed by atoms with Gasteiger partial charge in [0, 0.05) is 13.2 Å². The van der Waals surface area contributed by atoms with Crippen LogP contribution in [-0.4, -0.2) is 49.0 Å². The zero-order chi connectivity index (χ0) is 12.7. The summed E-state index contributed by atoms with van der Waals surface area (Å²) < 4.78 is 5.24. The zero-order valence-electron chi connectivity index (χ0n) is 11.7. The normalized spacial score (nSPS) is 22.6. The predicted molar refractivity (Wildman–Crippen MR) is 71.1 cm³/mol. The third kappa shape index (κ3) is 5.36. The summed E-state index contributed by atoms with van der Waals surface area (Å²) >= 11 is 0. The first kappa shape index (κ1) is 14.9. The first-order valence-corrected chi connectivity index (χ1v) is 7.15. The zero-order valence-corrected chi connectivity index (χ0v) is 11.7. The molecule has 1 aliphatic heterocycles. The highest BCUT2D eigenvalue weighted by molar-refractivity contribution is 4.76. The Labute approximate surface area is 106 Å². The molecule has 1 aliphatic rings. The van der Waals surface area contributed by atoms with Crippen LogP contribution in [0.3, 0.4) is 0 Å². The molecule has 3 nitrogen and oxygen atoms in total. The Hall–Kier alpha value is -0.120. The molecule has 3 heteroatoms. The Morgan fingerprint density at radius 1 is 1.29 bits per heavy atom. The van der Waals surface area contributed by atoms with Gasteiger partial charge in [0.25, 0.3) is 0 Å². The molecule has 0 aliphatic carbocycles. The van der Waals surface area contributed by atoms with Gasteiger partial charge in [-0.05, 0) is 44.7 Å². The van der Waals surface area contributed by atoms with Gasteiger partial charge >= 0.3 is 0 Å². The van der Waals surface area contributed by atoms with Crippen LogP contribution in [0.2, 0.25) is 0 Å². The van der Waals surface area contributed by atoms with E-state index in [0.29, 0.717) is 13.2 Å². The van der Waals surface area contributed by atoms with E-state index in [1.165, 1.54) is 19.3 Å². The van der Waals surface area contributed by atoms with E-state index in [1.54, 1.807) is 0 Å². The average molecular weight is 243 g/mol. The monoisotopic (exact) mass is 243 g/mol. The Kier molecular flexibility index (Phi) is 7.09. The van der Waals surface area contributed by atoms with E-state index in [4.69, 9.17) is 4.74 Å². The summed E-state index contributed by atoms with van der Waals surface area (Å²) in [5.74, 6) is 1.74. The maximum atomic E-state index is 9.79. The molecule has 1 fully saturated rings. The van der Waals surface area contributed by atoms with Crippen molar-refractivity contribution in [3.05, 3.63) is 0 Å². The van der Waals surface area contributed by atoms with Gasteiger partial charge in [-0.2, -0.15) is 0 Å². The van der Waals surface area contributed by atoms with Gasteiger partial charge in [0.2, 0.25) is 0 Å². The maximum Gasteiger partial charge on any atom is 0.0900 e. The minimum absolute atomic E-state index is 0.324. The first-order chi connectivity index (χ1) is 8.17. The van der Waals surface area contributed by atoms with Gasteiger partial charge in [-0.15, -0.1) is 0 Å². The number of hydrogen-bond acceptors (Lipinski definition) is 3. The van der Waals surface area contributed by atoms with E-state index >= 15 is 0 Å². The first-order valence-electron chi connectivity index (χ1n) is 7.15. The summed E-state index contributed by atoms with van der Waals surface area (Å²) in [7, 11) is 0. The van der Waals surface area contributed by atoms with Gasteiger partial charge in [-0.25, -0.2) is 0 Å². The van der Waals surface area contributed by atoms with Crippen LogP contribution in [0.4, 0.5) is 0 Å². The quantitative estimate of drug-likeness (QED) is 0.743. The molecule has 1 rings (SSSR count). The molecule has 0 aromatic carbocycles. The smallest absolute Gasteiger partial charge is 0.0900 e. The fourth-order valence-electron chi connectivity index (χ4n) is 2.64. The van der Waals surface area contributed by atoms with Crippen molar-refractivity contribution >= 4 is 0 Å². The van der Waals surface area contributed by atoms with Gasteiger partial charge < -0.3 is 14.7 Å². The highest BCUT2D eigenvalue weighted by Crippen LogP contribution is 2.26. The van der Waals surface area contributed by atoms with Crippen molar-refractivity contribution in [1.82, 2.24) is 4.90 Å². The third-order valence-electron chi connectivity index (χ3n) is 4.06. The van der Waals surface area contributed by atoms with Gasteiger partial charge in [0.1, 0.15) is 0 Å². The molecule has 0 aromatic heterocycles. The van der Waals surface area contributed by atoms with E-state index in [-0.39, 0.29) is 6.10 Å². The lowest BCUT2D eigenvalue weighted by Gasteiger charge is -2.35. The molecule has 0 bridgehead atoms. The van der Waals surface area contributed by atoms with E-state index < -0.39 is 0 Å². The molecule has 0 radical (unpaired) electrons. The van der Waals surface area contributed by atoms with Crippen LogP contribution in [-0.2, 0) is 4.74 Å². The number of aliphatic hydroxyl groups is 1. The summed E-state index contributed by atoms with van der Waals surface area (Å²) in [6.07, 6.45) is 3.54. The molecule has 2 unspecified atom stereocenters. The third-order valence-corrected chi connectivity index (χ3v) is 4.06. The maximum absolute atomic E-state index is 9.79. The predicted octanol–water partition coefficient (Wildman–Crippen LogP) is 2.14. The summed E-state index contributed by atoms with van der Waals surface area (Å²) in [5, 5.41) is 9.79. The second-order valence-corrected chi connectivity index (χ2v) is 5.34.